The van der Waals surface area contributed by atoms with Gasteiger partial charge in [-0.25, -0.2) is 0 Å². The average Bonchev–Trinajstić information content (AvgIpc) is 2.20. The van der Waals surface area contributed by atoms with Crippen molar-refractivity contribution in [2.24, 2.45) is 0 Å². The molecule has 5 heteroatoms. The fraction of sp³-hybridized carbons (Fsp3) is 1.00. The molecule has 0 saturated carbocycles. The van der Waals surface area contributed by atoms with Gasteiger partial charge in [-0.2, -0.15) is 0 Å². The second-order valence-electron chi connectivity index (χ2n) is 2.44. The molecule has 14 heavy (non-hydrogen) atoms. The van der Waals surface area contributed by atoms with Gasteiger partial charge in [-0.15, -0.1) is 0 Å². The van der Waals surface area contributed by atoms with E-state index in [0.717, 1.165) is 0 Å². The van der Waals surface area contributed by atoms with Crippen LogP contribution in [0, 0.1) is 0 Å². The first kappa shape index (κ1) is 19.4. The van der Waals surface area contributed by atoms with Gasteiger partial charge in [-0.1, -0.05) is 20.3 Å². The second kappa shape index (κ2) is 23.0. The summed E-state index contributed by atoms with van der Waals surface area (Å²) >= 11 is 0. The highest BCUT2D eigenvalue weighted by Crippen LogP contribution is 1.71. The third kappa shape index (κ3) is 40.9. The summed E-state index contributed by atoms with van der Waals surface area (Å²) in [6.07, 6.45) is 0.296. The lowest BCUT2D eigenvalue weighted by molar-refractivity contribution is 0.0450. The average molecular weight is 212 g/mol. The highest BCUT2D eigenvalue weighted by molar-refractivity contribution is 4.43. The molecule has 0 bridgehead atoms. The summed E-state index contributed by atoms with van der Waals surface area (Å²) in [5, 5.41) is 32.0. The Morgan fingerprint density at radius 3 is 1.43 bits per heavy atom. The Morgan fingerprint density at radius 2 is 1.43 bits per heavy atom. The minimum atomic E-state index is -0.954. The largest absolute Gasteiger partial charge is 0.394 e. The molecule has 0 aliphatic rings. The summed E-state index contributed by atoms with van der Waals surface area (Å²) in [5.74, 6) is 0. The quantitative estimate of drug-likeness (QED) is 0.498. The van der Waals surface area contributed by atoms with E-state index < -0.39 is 6.10 Å². The highest BCUT2D eigenvalue weighted by atomic mass is 16.5. The molecule has 0 radical (unpaired) electrons. The van der Waals surface area contributed by atoms with Crippen molar-refractivity contribution in [1.29, 1.82) is 0 Å². The number of aliphatic hydroxyl groups is 4. The number of hydrogen-bond acceptors (Lipinski definition) is 5. The van der Waals surface area contributed by atoms with Crippen LogP contribution >= 0.6 is 0 Å². The summed E-state index contributed by atoms with van der Waals surface area (Å²) in [6, 6.07) is 0. The Hall–Kier alpha value is -0.200. The van der Waals surface area contributed by atoms with E-state index in [-0.39, 0.29) is 19.8 Å². The number of methoxy groups -OCH3 is 1. The van der Waals surface area contributed by atoms with E-state index in [1.165, 1.54) is 6.42 Å². The first-order valence-corrected chi connectivity index (χ1v) is 4.63. The maximum absolute atomic E-state index is 8.17. The summed E-state index contributed by atoms with van der Waals surface area (Å²) in [6.45, 7) is 4.09. The molecule has 0 aliphatic carbocycles. The fourth-order valence-corrected chi connectivity index (χ4v) is 0.149. The van der Waals surface area contributed by atoms with E-state index in [9.17, 15) is 0 Å². The molecular weight excluding hydrogens is 188 g/mol. The van der Waals surface area contributed by atoms with Crippen LogP contribution in [0.3, 0.4) is 0 Å². The standard InChI is InChI=1S/C3H8O3.C3H8O2.C3H8/c4-1-3(6)2-5;1-5-3-2-4;1-3-2/h3-6H,1-2H2;4H,2-3H2,1H3;3H2,1-2H3. The molecule has 0 aromatic carbocycles. The topological polar surface area (TPSA) is 90.2 Å². The van der Waals surface area contributed by atoms with Crippen LogP contribution in [0.1, 0.15) is 20.3 Å². The first-order valence-electron chi connectivity index (χ1n) is 4.63. The number of ether oxygens (including phenoxy) is 1. The Labute approximate surface area is 86.0 Å². The van der Waals surface area contributed by atoms with Crippen LogP contribution in [0.4, 0.5) is 0 Å². The minimum Gasteiger partial charge on any atom is -0.394 e. The van der Waals surface area contributed by atoms with Crippen LogP contribution in [0.15, 0.2) is 0 Å². The molecule has 5 nitrogen and oxygen atoms in total. The number of hydrogen-bond donors (Lipinski definition) is 4. The lowest BCUT2D eigenvalue weighted by Crippen LogP contribution is -2.15. The summed E-state index contributed by atoms with van der Waals surface area (Å²) < 4.78 is 4.44. The molecule has 90 valence electrons. The molecule has 0 heterocycles. The van der Waals surface area contributed by atoms with Crippen molar-refractivity contribution in [3.05, 3.63) is 0 Å². The predicted octanol–water partition coefficient (Wildman–Crippen LogP) is -0.627. The summed E-state index contributed by atoms with van der Waals surface area (Å²) in [7, 11) is 1.55. The van der Waals surface area contributed by atoms with Gasteiger partial charge in [0, 0.05) is 7.11 Å². The zero-order chi connectivity index (χ0) is 11.8. The van der Waals surface area contributed by atoms with E-state index in [1.807, 2.05) is 0 Å². The van der Waals surface area contributed by atoms with Crippen LogP contribution in [-0.2, 0) is 4.74 Å². The van der Waals surface area contributed by atoms with Crippen molar-refractivity contribution in [3.63, 3.8) is 0 Å². The fourth-order valence-electron chi connectivity index (χ4n) is 0.149. The Morgan fingerprint density at radius 1 is 1.07 bits per heavy atom. The Balaban J connectivity index is -0.000000138. The van der Waals surface area contributed by atoms with Gasteiger partial charge in [-0.3, -0.25) is 0 Å². The van der Waals surface area contributed by atoms with Gasteiger partial charge in [0.05, 0.1) is 26.4 Å². The van der Waals surface area contributed by atoms with Gasteiger partial charge >= 0.3 is 0 Å². The van der Waals surface area contributed by atoms with Crippen LogP contribution < -0.4 is 0 Å². The van der Waals surface area contributed by atoms with Gasteiger partial charge in [0.2, 0.25) is 0 Å². The van der Waals surface area contributed by atoms with Crippen LogP contribution in [0.2, 0.25) is 0 Å². The first-order chi connectivity index (χ1) is 6.64. The molecule has 0 spiro atoms. The molecule has 0 aromatic rings. The lowest BCUT2D eigenvalue weighted by atomic mass is 10.4. The predicted molar refractivity (Wildman–Crippen MR) is 55.1 cm³/mol. The normalized spacial score (nSPS) is 8.57. The van der Waals surface area contributed by atoms with E-state index in [2.05, 4.69) is 18.6 Å². The van der Waals surface area contributed by atoms with Gasteiger partial charge in [0.1, 0.15) is 6.10 Å². The number of rotatable bonds is 4. The second-order valence-corrected chi connectivity index (χ2v) is 2.44. The van der Waals surface area contributed by atoms with Crippen molar-refractivity contribution in [2.75, 3.05) is 33.5 Å². The highest BCUT2D eigenvalue weighted by Gasteiger charge is 1.93. The zero-order valence-corrected chi connectivity index (χ0v) is 9.31. The Kier molecular flexibility index (Phi) is 31.9. The third-order valence-corrected chi connectivity index (χ3v) is 0.717. The van der Waals surface area contributed by atoms with E-state index in [0.29, 0.717) is 6.61 Å². The third-order valence-electron chi connectivity index (χ3n) is 0.717. The smallest absolute Gasteiger partial charge is 0.100 e. The van der Waals surface area contributed by atoms with Gasteiger partial charge < -0.3 is 25.2 Å². The molecule has 0 unspecified atom stereocenters. The van der Waals surface area contributed by atoms with Crippen LogP contribution in [-0.4, -0.2) is 60.1 Å². The lowest BCUT2D eigenvalue weighted by Gasteiger charge is -1.96. The van der Waals surface area contributed by atoms with E-state index in [4.69, 9.17) is 20.4 Å². The van der Waals surface area contributed by atoms with Crippen molar-refractivity contribution < 1.29 is 25.2 Å². The molecule has 0 aromatic heterocycles. The van der Waals surface area contributed by atoms with Gasteiger partial charge in [0.25, 0.3) is 0 Å². The van der Waals surface area contributed by atoms with Crippen molar-refractivity contribution in [2.45, 2.75) is 26.4 Å². The van der Waals surface area contributed by atoms with Crippen molar-refractivity contribution >= 4 is 0 Å². The number of aliphatic hydroxyl groups excluding tert-OH is 4. The molecule has 0 aliphatic heterocycles. The summed E-state index contributed by atoms with van der Waals surface area (Å²) in [4.78, 5) is 0. The molecule has 0 saturated heterocycles. The van der Waals surface area contributed by atoms with Crippen LogP contribution in [0.5, 0.6) is 0 Å². The van der Waals surface area contributed by atoms with Crippen molar-refractivity contribution in [1.82, 2.24) is 0 Å². The van der Waals surface area contributed by atoms with Crippen molar-refractivity contribution in [3.8, 4) is 0 Å². The molecule has 0 fully saturated rings. The Bertz CT molecular complexity index is 64.2. The molecule has 0 rings (SSSR count). The maximum atomic E-state index is 8.17. The maximum Gasteiger partial charge on any atom is 0.100 e. The minimum absolute atomic E-state index is 0.122. The van der Waals surface area contributed by atoms with E-state index in [1.54, 1.807) is 7.11 Å². The van der Waals surface area contributed by atoms with E-state index >= 15 is 0 Å². The molecule has 0 amide bonds. The SMILES string of the molecule is CCC.COCCO.OCC(O)CO. The van der Waals surface area contributed by atoms with Gasteiger partial charge in [0.15, 0.2) is 0 Å². The zero-order valence-electron chi connectivity index (χ0n) is 9.31. The van der Waals surface area contributed by atoms with Crippen LogP contribution in [0.25, 0.3) is 0 Å². The molecule has 0 atom stereocenters. The van der Waals surface area contributed by atoms with Gasteiger partial charge in [-0.05, 0) is 0 Å². The summed E-state index contributed by atoms with van der Waals surface area (Å²) in [5.41, 5.74) is 0. The molecular formula is C9H24O5. The molecule has 4 N–H and O–H groups in total. The monoisotopic (exact) mass is 212 g/mol.